The van der Waals surface area contributed by atoms with E-state index < -0.39 is 8.07 Å². The molecule has 0 saturated heterocycles. The molecule has 4 aliphatic rings. The minimum atomic E-state index is -1.17. The molecule has 221 valence electrons. The van der Waals surface area contributed by atoms with Gasteiger partial charge in [-0.15, -0.1) is 0 Å². The van der Waals surface area contributed by atoms with Gasteiger partial charge in [0.2, 0.25) is 0 Å². The Balaban J connectivity index is 0.000000192. The summed E-state index contributed by atoms with van der Waals surface area (Å²) < 4.78 is 3.03. The maximum Gasteiger partial charge on any atom is 0.0950 e. The van der Waals surface area contributed by atoms with E-state index in [1.54, 1.807) is 46.8 Å². The Hall–Kier alpha value is -1.90. The van der Waals surface area contributed by atoms with Gasteiger partial charge in [0.15, 0.2) is 0 Å². The second-order valence-corrected chi connectivity index (χ2v) is 19.8. The Morgan fingerprint density at radius 2 is 1.47 bits per heavy atom. The molecule has 3 heterocycles. The van der Waals surface area contributed by atoms with Crippen molar-refractivity contribution in [2.75, 3.05) is 0 Å². The van der Waals surface area contributed by atoms with E-state index in [0.29, 0.717) is 9.54 Å². The van der Waals surface area contributed by atoms with Crippen LogP contribution in [0.1, 0.15) is 78.7 Å². The van der Waals surface area contributed by atoms with Crippen LogP contribution in [0.5, 0.6) is 0 Å². The maximum absolute atomic E-state index is 2.51. The third kappa shape index (κ3) is 5.69. The zero-order valence-electron chi connectivity index (χ0n) is 26.6. The Morgan fingerprint density at radius 1 is 0.814 bits per heavy atom. The van der Waals surface area contributed by atoms with Crippen LogP contribution in [-0.4, -0.2) is 12.6 Å². The molecule has 2 unspecified atom stereocenters. The van der Waals surface area contributed by atoms with Crippen molar-refractivity contribution in [1.29, 1.82) is 0 Å². The molecule has 0 radical (unpaired) electrons. The van der Waals surface area contributed by atoms with E-state index in [1.807, 2.05) is 0 Å². The van der Waals surface area contributed by atoms with Crippen molar-refractivity contribution in [3.05, 3.63) is 124 Å². The zero-order chi connectivity index (χ0) is 29.3. The van der Waals surface area contributed by atoms with Crippen molar-refractivity contribution < 1.29 is 49.5 Å². The van der Waals surface area contributed by atoms with Crippen LogP contribution in [0, 0.1) is 5.92 Å². The molecule has 43 heavy (non-hydrogen) atoms. The van der Waals surface area contributed by atoms with Gasteiger partial charge in [0.05, 0.1) is 8.07 Å². The fraction of sp³-hybridized carbons (Fsp3) is 0.316. The molecule has 5 heteroatoms. The van der Waals surface area contributed by atoms with Crippen LogP contribution in [0.15, 0.2) is 96.2 Å². The van der Waals surface area contributed by atoms with E-state index in [4.69, 9.17) is 0 Å². The standard InChI is InChI=1S/C22H25.C16H17NSi.2ClH.Zr/c1-15(2)18-13-17-7-6-8-20(21(17)14-18)16-9-11-19(12-10-16)22(3,4)5;1-11-15-13-9-10-17(12-7-5-4-6-8-12)14(13)16(11)18(15,2)3;;;/h6-15H,1-5H3;4-10,16H,1-3H3;2*1H;/q;;;;+2/p-2. The molecular weight excluding hydrogens is 661 g/mol. The molecule has 2 aliphatic carbocycles. The molecule has 0 amide bonds. The first-order valence-electron chi connectivity index (χ1n) is 15.1. The largest absolute Gasteiger partial charge is 1.00 e. The average Bonchev–Trinajstić information content (AvgIpc) is 3.64. The minimum Gasteiger partial charge on any atom is -1.00 e. The monoisotopic (exact) mass is 700 g/mol. The van der Waals surface area contributed by atoms with Crippen LogP contribution in [-0.2, 0) is 30.1 Å². The maximum atomic E-state index is 2.51. The van der Waals surface area contributed by atoms with Crippen molar-refractivity contribution in [3.63, 3.8) is 0 Å². The molecule has 0 N–H and O–H groups in total. The molecule has 2 bridgehead atoms. The van der Waals surface area contributed by atoms with Crippen LogP contribution in [0.25, 0.3) is 28.1 Å². The van der Waals surface area contributed by atoms with Gasteiger partial charge in [-0.2, -0.15) is 0 Å². The number of hydrogen-bond donors (Lipinski definition) is 0. The normalized spacial score (nSPS) is 18.9. The molecule has 0 fully saturated rings. The molecule has 3 aromatic carbocycles. The summed E-state index contributed by atoms with van der Waals surface area (Å²) in [6, 6.07) is 29.0. The number of nitrogens with zero attached hydrogens (tertiary/aromatic N) is 1. The zero-order valence-corrected chi connectivity index (χ0v) is 31.6. The quantitative estimate of drug-likeness (QED) is 0.279. The summed E-state index contributed by atoms with van der Waals surface area (Å²) in [6.45, 7) is 18.8. The van der Waals surface area contributed by atoms with Crippen molar-refractivity contribution in [2.24, 2.45) is 5.92 Å². The first-order chi connectivity index (χ1) is 19.4. The SMILES string of the molecule is CC(C)C1=Cc2c(-c3ccc(C(C)(C)C)cc3)cccc2[CH]1[Zr+2].CC1=C2c3ccn(-c4ccccc4)c3C1[Si]2(C)C.[Cl-].[Cl-]. The molecule has 1 aromatic heterocycles. The summed E-state index contributed by atoms with van der Waals surface area (Å²) in [5, 5.41) is 1.72. The summed E-state index contributed by atoms with van der Waals surface area (Å²) in [5.41, 5.74) is 15.7. The number of para-hydroxylation sites is 1. The van der Waals surface area contributed by atoms with E-state index in [9.17, 15) is 0 Å². The molecule has 2 aliphatic heterocycles. The first kappa shape index (κ1) is 34.0. The van der Waals surface area contributed by atoms with Crippen LogP contribution >= 0.6 is 0 Å². The van der Waals surface area contributed by atoms with Gasteiger partial charge in [0.25, 0.3) is 0 Å². The van der Waals surface area contributed by atoms with E-state index >= 15 is 0 Å². The molecule has 2 atom stereocenters. The molecule has 8 rings (SSSR count). The Bertz CT molecular complexity index is 1690. The number of hydrogen-bond acceptors (Lipinski definition) is 0. The van der Waals surface area contributed by atoms with Crippen molar-refractivity contribution >= 4 is 19.3 Å². The predicted molar refractivity (Wildman–Crippen MR) is 175 cm³/mol. The number of allylic oxidation sites excluding steroid dienone is 2. The van der Waals surface area contributed by atoms with Gasteiger partial charge in [0.1, 0.15) is 0 Å². The first-order valence-corrected chi connectivity index (χ1v) is 19.6. The predicted octanol–water partition coefficient (Wildman–Crippen LogP) is 4.45. The number of aromatic nitrogens is 1. The molecule has 1 nitrogen and oxygen atoms in total. The molecule has 0 spiro atoms. The fourth-order valence-corrected chi connectivity index (χ4v) is 13.4. The van der Waals surface area contributed by atoms with Gasteiger partial charge < -0.3 is 29.4 Å². The van der Waals surface area contributed by atoms with E-state index in [-0.39, 0.29) is 30.2 Å². The van der Waals surface area contributed by atoms with E-state index in [0.717, 1.165) is 5.54 Å². The summed E-state index contributed by atoms with van der Waals surface area (Å²) in [4.78, 5) is 0. The Labute approximate surface area is 287 Å². The van der Waals surface area contributed by atoms with Crippen molar-refractivity contribution in [1.82, 2.24) is 4.57 Å². The fourth-order valence-electron chi connectivity index (χ4n) is 7.46. The van der Waals surface area contributed by atoms with Gasteiger partial charge in [0, 0.05) is 23.1 Å². The number of benzene rings is 3. The second-order valence-electron chi connectivity index (χ2n) is 13.9. The molecular formula is C38H42Cl2NSiZr. The number of fused-ring (bicyclic) bond motifs is 1. The summed E-state index contributed by atoms with van der Waals surface area (Å²) in [6.07, 6.45) is 4.69. The molecule has 0 saturated carbocycles. The van der Waals surface area contributed by atoms with Crippen LogP contribution in [0.3, 0.4) is 0 Å². The minimum absolute atomic E-state index is 0. The van der Waals surface area contributed by atoms with Gasteiger partial charge in [-0.25, -0.2) is 0 Å². The van der Waals surface area contributed by atoms with E-state index in [2.05, 4.69) is 150 Å². The van der Waals surface area contributed by atoms with Crippen LogP contribution in [0.2, 0.25) is 13.1 Å². The third-order valence-electron chi connectivity index (χ3n) is 9.52. The summed E-state index contributed by atoms with van der Waals surface area (Å²) in [5.74, 6) is 0.628. The third-order valence-corrected chi connectivity index (χ3v) is 15.2. The topological polar surface area (TPSA) is 4.93 Å². The van der Waals surface area contributed by atoms with Crippen LogP contribution < -0.4 is 24.8 Å². The smallest absolute Gasteiger partial charge is 0.0950 e. The van der Waals surface area contributed by atoms with Gasteiger partial charge in [-0.05, 0) is 30.7 Å². The number of rotatable bonds is 3. The van der Waals surface area contributed by atoms with Crippen molar-refractivity contribution in [3.8, 4) is 16.8 Å². The number of halogens is 2. The summed E-state index contributed by atoms with van der Waals surface area (Å²) >= 11 is 1.60. The van der Waals surface area contributed by atoms with Gasteiger partial charge >= 0.3 is 156 Å². The Kier molecular flexibility index (Phi) is 9.86. The van der Waals surface area contributed by atoms with E-state index in [1.165, 1.54) is 39.1 Å². The second kappa shape index (κ2) is 12.5. The van der Waals surface area contributed by atoms with Gasteiger partial charge in [-0.1, -0.05) is 42.1 Å². The van der Waals surface area contributed by atoms with Crippen LogP contribution in [0.4, 0.5) is 0 Å². The summed E-state index contributed by atoms with van der Waals surface area (Å²) in [7, 11) is -1.17. The van der Waals surface area contributed by atoms with Gasteiger partial charge in [-0.3, -0.25) is 0 Å². The molecule has 4 aromatic rings. The Morgan fingerprint density at radius 3 is 2.05 bits per heavy atom. The van der Waals surface area contributed by atoms with Crippen molar-refractivity contribution in [2.45, 2.75) is 69.2 Å². The average molecular weight is 703 g/mol.